The maximum absolute atomic E-state index is 12.1. The summed E-state index contributed by atoms with van der Waals surface area (Å²) >= 11 is 0. The number of carbonyl (C=O) groups is 1. The third kappa shape index (κ3) is 4.53. The maximum Gasteiger partial charge on any atom is 0.241 e. The molecule has 1 atom stereocenters. The molecule has 0 spiro atoms. The number of benzene rings is 1. The van der Waals surface area contributed by atoms with Crippen LogP contribution >= 0.6 is 0 Å². The summed E-state index contributed by atoms with van der Waals surface area (Å²) in [6.45, 7) is 4.24. The van der Waals surface area contributed by atoms with Gasteiger partial charge in [-0.2, -0.15) is 0 Å². The van der Waals surface area contributed by atoms with Crippen LogP contribution in [0.25, 0.3) is 0 Å². The van der Waals surface area contributed by atoms with E-state index in [0.717, 1.165) is 18.4 Å². The Kier molecular flexibility index (Phi) is 5.92. The average Bonchev–Trinajstić information content (AvgIpc) is 2.36. The van der Waals surface area contributed by atoms with Gasteiger partial charge in [0.15, 0.2) is 0 Å². The number of anilines is 1. The SMILES string of the molecule is BCc1ccc(NC(=O)C(CC(C)C)NC)cc1. The summed E-state index contributed by atoms with van der Waals surface area (Å²) < 4.78 is 0. The van der Waals surface area contributed by atoms with Gasteiger partial charge in [-0.3, -0.25) is 4.79 Å². The van der Waals surface area contributed by atoms with Gasteiger partial charge in [0.05, 0.1) is 6.04 Å². The predicted octanol–water partition coefficient (Wildman–Crippen LogP) is 1.39. The number of hydrogen-bond donors (Lipinski definition) is 2. The molecule has 1 aromatic carbocycles. The van der Waals surface area contributed by atoms with Crippen molar-refractivity contribution in [3.8, 4) is 0 Å². The Bertz CT molecular complexity index is 376. The van der Waals surface area contributed by atoms with Gasteiger partial charge in [-0.15, -0.1) is 0 Å². The fourth-order valence-corrected chi connectivity index (χ4v) is 1.88. The Labute approximate surface area is 111 Å². The molecule has 0 heterocycles. The van der Waals surface area contributed by atoms with E-state index >= 15 is 0 Å². The second kappa shape index (κ2) is 7.22. The fourth-order valence-electron chi connectivity index (χ4n) is 1.88. The van der Waals surface area contributed by atoms with Gasteiger partial charge < -0.3 is 10.6 Å². The lowest BCUT2D eigenvalue weighted by Gasteiger charge is -2.18. The highest BCUT2D eigenvalue weighted by molar-refractivity contribution is 6.08. The number of hydrogen-bond acceptors (Lipinski definition) is 2. The van der Waals surface area contributed by atoms with Crippen LogP contribution in [0.4, 0.5) is 5.69 Å². The van der Waals surface area contributed by atoms with Crippen LogP contribution in [-0.4, -0.2) is 26.8 Å². The monoisotopic (exact) mass is 246 g/mol. The molecule has 98 valence electrons. The van der Waals surface area contributed by atoms with Crippen LogP contribution in [0.2, 0.25) is 0 Å². The standard InChI is InChI=1S/C14H23BN2O/c1-10(2)8-13(16-3)14(18)17-12-6-4-11(9-15)5-7-12/h4-7,10,13,16H,8-9,15H2,1-3H3,(H,17,18). The molecule has 0 fully saturated rings. The van der Waals surface area contributed by atoms with Crippen LogP contribution in [-0.2, 0) is 11.1 Å². The molecule has 0 aromatic heterocycles. The van der Waals surface area contributed by atoms with Gasteiger partial charge >= 0.3 is 0 Å². The van der Waals surface area contributed by atoms with Crippen molar-refractivity contribution in [3.05, 3.63) is 29.8 Å². The lowest BCUT2D eigenvalue weighted by molar-refractivity contribution is -0.118. The highest BCUT2D eigenvalue weighted by Crippen LogP contribution is 2.11. The molecule has 2 N–H and O–H groups in total. The summed E-state index contributed by atoms with van der Waals surface area (Å²) in [6, 6.07) is 7.88. The Morgan fingerprint density at radius 2 is 1.89 bits per heavy atom. The zero-order valence-electron chi connectivity index (χ0n) is 11.8. The van der Waals surface area contributed by atoms with Crippen LogP contribution in [0.3, 0.4) is 0 Å². The minimum atomic E-state index is -0.129. The molecule has 0 aliphatic heterocycles. The van der Waals surface area contributed by atoms with Gasteiger partial charge in [0.2, 0.25) is 5.91 Å². The van der Waals surface area contributed by atoms with Crippen molar-refractivity contribution in [3.63, 3.8) is 0 Å². The number of carbonyl (C=O) groups excluding carboxylic acids is 1. The van der Waals surface area contributed by atoms with E-state index < -0.39 is 0 Å². The first kappa shape index (κ1) is 14.8. The van der Waals surface area contributed by atoms with Gasteiger partial charge in [0.25, 0.3) is 0 Å². The highest BCUT2D eigenvalue weighted by atomic mass is 16.2. The summed E-state index contributed by atoms with van der Waals surface area (Å²) in [4.78, 5) is 12.1. The van der Waals surface area contributed by atoms with E-state index in [1.54, 1.807) is 0 Å². The van der Waals surface area contributed by atoms with Crippen molar-refractivity contribution in [2.45, 2.75) is 32.6 Å². The molecule has 3 nitrogen and oxygen atoms in total. The number of likely N-dealkylation sites (N-methyl/N-ethyl adjacent to an activating group) is 1. The van der Waals surface area contributed by atoms with Crippen molar-refractivity contribution in [1.82, 2.24) is 5.32 Å². The quantitative estimate of drug-likeness (QED) is 0.745. The van der Waals surface area contributed by atoms with Gasteiger partial charge in [0, 0.05) is 5.69 Å². The third-order valence-electron chi connectivity index (χ3n) is 3.00. The van der Waals surface area contributed by atoms with Crippen molar-refractivity contribution in [2.24, 2.45) is 5.92 Å². The van der Waals surface area contributed by atoms with Crippen molar-refractivity contribution < 1.29 is 4.79 Å². The summed E-state index contributed by atoms with van der Waals surface area (Å²) in [7, 11) is 3.94. The Balaban J connectivity index is 2.61. The first-order valence-electron chi connectivity index (χ1n) is 6.63. The second-order valence-corrected chi connectivity index (χ2v) is 5.01. The van der Waals surface area contributed by atoms with E-state index in [9.17, 15) is 4.79 Å². The summed E-state index contributed by atoms with van der Waals surface area (Å²) in [5.74, 6) is 0.533. The first-order valence-corrected chi connectivity index (χ1v) is 6.63. The molecule has 0 radical (unpaired) electrons. The third-order valence-corrected chi connectivity index (χ3v) is 3.00. The van der Waals surface area contributed by atoms with Crippen LogP contribution in [0.15, 0.2) is 24.3 Å². The average molecular weight is 246 g/mol. The number of rotatable bonds is 6. The van der Waals surface area contributed by atoms with Crippen LogP contribution in [0, 0.1) is 5.92 Å². The number of nitrogens with one attached hydrogen (secondary N) is 2. The smallest absolute Gasteiger partial charge is 0.241 e. The Morgan fingerprint density at radius 1 is 1.28 bits per heavy atom. The maximum atomic E-state index is 12.1. The molecule has 4 heteroatoms. The molecule has 0 aliphatic carbocycles. The summed E-state index contributed by atoms with van der Waals surface area (Å²) in [6.07, 6.45) is 1.86. The number of amides is 1. The zero-order valence-corrected chi connectivity index (χ0v) is 11.8. The summed E-state index contributed by atoms with van der Waals surface area (Å²) in [5, 5.41) is 6.01. The molecule has 0 aliphatic rings. The lowest BCUT2D eigenvalue weighted by Crippen LogP contribution is -2.39. The predicted molar refractivity (Wildman–Crippen MR) is 79.6 cm³/mol. The molecule has 0 saturated carbocycles. The minimum absolute atomic E-state index is 0.0375. The Hall–Kier alpha value is -1.29. The van der Waals surface area contributed by atoms with E-state index in [0.29, 0.717) is 5.92 Å². The van der Waals surface area contributed by atoms with Crippen molar-refractivity contribution in [2.75, 3.05) is 12.4 Å². The van der Waals surface area contributed by atoms with Crippen LogP contribution in [0.5, 0.6) is 0 Å². The largest absolute Gasteiger partial charge is 0.325 e. The normalized spacial score (nSPS) is 12.4. The van der Waals surface area contributed by atoms with E-state index in [1.165, 1.54) is 5.56 Å². The Morgan fingerprint density at radius 3 is 2.33 bits per heavy atom. The fraction of sp³-hybridized carbons (Fsp3) is 0.500. The van der Waals surface area contributed by atoms with Crippen LogP contribution < -0.4 is 10.6 Å². The summed E-state index contributed by atoms with van der Waals surface area (Å²) in [5.41, 5.74) is 2.14. The van der Waals surface area contributed by atoms with E-state index in [-0.39, 0.29) is 11.9 Å². The molecular formula is C14H23BN2O. The molecule has 1 amide bonds. The van der Waals surface area contributed by atoms with Gasteiger partial charge in [-0.05, 0) is 31.5 Å². The molecule has 0 saturated heterocycles. The first-order chi connectivity index (χ1) is 8.56. The van der Waals surface area contributed by atoms with Gasteiger partial charge in [0.1, 0.15) is 7.85 Å². The van der Waals surface area contributed by atoms with E-state index in [4.69, 9.17) is 0 Å². The zero-order chi connectivity index (χ0) is 13.5. The molecular weight excluding hydrogens is 223 g/mol. The molecule has 18 heavy (non-hydrogen) atoms. The van der Waals surface area contributed by atoms with Gasteiger partial charge in [-0.25, -0.2) is 0 Å². The van der Waals surface area contributed by atoms with E-state index in [1.807, 2.05) is 31.3 Å². The minimum Gasteiger partial charge on any atom is -0.325 e. The molecule has 0 bridgehead atoms. The highest BCUT2D eigenvalue weighted by Gasteiger charge is 2.17. The molecule has 1 unspecified atom stereocenters. The topological polar surface area (TPSA) is 41.1 Å². The lowest BCUT2D eigenvalue weighted by atomic mass is 9.97. The second-order valence-electron chi connectivity index (χ2n) is 5.01. The van der Waals surface area contributed by atoms with Crippen molar-refractivity contribution in [1.29, 1.82) is 0 Å². The van der Waals surface area contributed by atoms with Crippen LogP contribution in [0.1, 0.15) is 25.8 Å². The van der Waals surface area contributed by atoms with E-state index in [2.05, 4.69) is 32.3 Å². The molecule has 1 aromatic rings. The van der Waals surface area contributed by atoms with Crippen molar-refractivity contribution >= 4 is 19.4 Å². The van der Waals surface area contributed by atoms with Gasteiger partial charge in [-0.1, -0.05) is 37.9 Å². The molecule has 1 rings (SSSR count).